The van der Waals surface area contributed by atoms with E-state index >= 15 is 0 Å². The Morgan fingerprint density at radius 2 is 1.86 bits per heavy atom. The third-order valence-electron chi connectivity index (χ3n) is 4.80. The molecule has 9 heteroatoms. The minimum absolute atomic E-state index is 0.0211. The van der Waals surface area contributed by atoms with E-state index < -0.39 is 17.5 Å². The first kappa shape index (κ1) is 20.2. The molecule has 2 atom stereocenters. The van der Waals surface area contributed by atoms with Gasteiger partial charge >= 0.3 is 0 Å². The van der Waals surface area contributed by atoms with Gasteiger partial charge in [0, 0.05) is 41.4 Å². The van der Waals surface area contributed by atoms with Crippen LogP contribution in [-0.2, 0) is 11.3 Å². The second kappa shape index (κ2) is 8.73. The average Bonchev–Trinajstić information content (AvgIpc) is 3.36. The van der Waals surface area contributed by atoms with Gasteiger partial charge in [-0.3, -0.25) is 0 Å². The van der Waals surface area contributed by atoms with E-state index in [4.69, 9.17) is 4.74 Å². The number of halogens is 3. The first-order chi connectivity index (χ1) is 14.0. The third kappa shape index (κ3) is 4.57. The highest BCUT2D eigenvalue weighted by Gasteiger charge is 2.32. The van der Waals surface area contributed by atoms with Crippen LogP contribution in [0.15, 0.2) is 41.4 Å². The normalized spacial score (nSPS) is 19.1. The Kier molecular flexibility index (Phi) is 6.07. The number of rotatable bonds is 6. The smallest absolute Gasteiger partial charge is 0.225 e. The summed E-state index contributed by atoms with van der Waals surface area (Å²) in [5.41, 5.74) is 1.99. The molecule has 0 spiro atoms. The number of nitrogens with zero attached hydrogens (tertiary/aromatic N) is 3. The second-order valence-corrected chi connectivity index (χ2v) is 8.36. The van der Waals surface area contributed by atoms with Gasteiger partial charge in [0.25, 0.3) is 0 Å². The van der Waals surface area contributed by atoms with Crippen molar-refractivity contribution in [2.75, 3.05) is 18.1 Å². The largest absolute Gasteiger partial charge is 0.375 e. The molecule has 0 aliphatic carbocycles. The summed E-state index contributed by atoms with van der Waals surface area (Å²) in [6, 6.07) is 3.32. The number of hydrogen-bond donors (Lipinski definition) is 1. The minimum atomic E-state index is -1.21. The number of hydrogen-bond acceptors (Lipinski definition) is 6. The lowest BCUT2D eigenvalue weighted by Gasteiger charge is -2.24. The number of ether oxygens (including phenoxy) is 1. The zero-order valence-corrected chi connectivity index (χ0v) is 17.0. The molecule has 4 nitrogen and oxygen atoms in total. The fourth-order valence-electron chi connectivity index (χ4n) is 3.32. The Labute approximate surface area is 175 Å². The van der Waals surface area contributed by atoms with Gasteiger partial charge in [0.15, 0.2) is 11.6 Å². The number of thiol groups is 1. The van der Waals surface area contributed by atoms with Crippen LogP contribution in [0.5, 0.6) is 0 Å². The van der Waals surface area contributed by atoms with Gasteiger partial charge in [-0.05, 0) is 34.9 Å². The molecular formula is C20H18F3N3OS2. The summed E-state index contributed by atoms with van der Waals surface area (Å²) in [5, 5.41) is 4.16. The van der Waals surface area contributed by atoms with Crippen LogP contribution < -0.4 is 4.90 Å². The van der Waals surface area contributed by atoms with E-state index in [1.54, 1.807) is 23.7 Å². The van der Waals surface area contributed by atoms with Crippen LogP contribution in [0.4, 0.5) is 19.1 Å². The Bertz CT molecular complexity index is 970. The van der Waals surface area contributed by atoms with Crippen molar-refractivity contribution in [2.24, 2.45) is 0 Å². The average molecular weight is 438 g/mol. The highest BCUT2D eigenvalue weighted by molar-refractivity contribution is 7.81. The van der Waals surface area contributed by atoms with Crippen LogP contribution in [-0.4, -0.2) is 34.4 Å². The Balaban J connectivity index is 1.41. The molecule has 29 heavy (non-hydrogen) atoms. The molecule has 0 radical (unpaired) electrons. The molecule has 152 valence electrons. The van der Waals surface area contributed by atoms with Gasteiger partial charge in [-0.1, -0.05) is 0 Å². The lowest BCUT2D eigenvalue weighted by Crippen LogP contribution is -2.34. The molecule has 1 aromatic carbocycles. The molecular weight excluding hydrogens is 419 g/mol. The Morgan fingerprint density at radius 1 is 1.10 bits per heavy atom. The monoisotopic (exact) mass is 437 g/mol. The SMILES string of the molecule is Fc1cc(F)c(COC[C@@H]2C[C@@H](S)CN2c2ncc(-c3ccsc3)cn2)cc1F. The van der Waals surface area contributed by atoms with Gasteiger partial charge in [-0.2, -0.15) is 24.0 Å². The van der Waals surface area contributed by atoms with E-state index in [9.17, 15) is 13.2 Å². The van der Waals surface area contributed by atoms with Gasteiger partial charge < -0.3 is 9.64 Å². The predicted molar refractivity (Wildman–Crippen MR) is 110 cm³/mol. The van der Waals surface area contributed by atoms with Crippen molar-refractivity contribution in [1.29, 1.82) is 0 Å². The van der Waals surface area contributed by atoms with Crippen LogP contribution in [0.2, 0.25) is 0 Å². The molecule has 2 aromatic heterocycles. The van der Waals surface area contributed by atoms with Crippen molar-refractivity contribution >= 4 is 29.9 Å². The zero-order valence-electron chi connectivity index (χ0n) is 15.3. The van der Waals surface area contributed by atoms with Crippen LogP contribution in [0.25, 0.3) is 11.1 Å². The summed E-state index contributed by atoms with van der Waals surface area (Å²) in [6.45, 7) is 0.780. The van der Waals surface area contributed by atoms with Crippen LogP contribution in [0.3, 0.4) is 0 Å². The molecule has 1 saturated heterocycles. The van der Waals surface area contributed by atoms with E-state index in [-0.39, 0.29) is 30.1 Å². The molecule has 0 unspecified atom stereocenters. The predicted octanol–water partition coefficient (Wildman–Crippen LogP) is 4.72. The van der Waals surface area contributed by atoms with Gasteiger partial charge in [-0.15, -0.1) is 0 Å². The highest BCUT2D eigenvalue weighted by Crippen LogP contribution is 2.28. The maximum atomic E-state index is 13.8. The molecule has 4 rings (SSSR count). The van der Waals surface area contributed by atoms with Gasteiger partial charge in [0.05, 0.1) is 19.3 Å². The Hall–Kier alpha value is -2.10. The molecule has 0 bridgehead atoms. The molecule has 0 amide bonds. The number of aromatic nitrogens is 2. The van der Waals surface area contributed by atoms with Crippen molar-refractivity contribution in [2.45, 2.75) is 24.3 Å². The molecule has 0 N–H and O–H groups in total. The summed E-state index contributed by atoms with van der Waals surface area (Å²) in [5.74, 6) is -2.56. The van der Waals surface area contributed by atoms with Crippen molar-refractivity contribution in [3.05, 3.63) is 64.4 Å². The highest BCUT2D eigenvalue weighted by atomic mass is 32.1. The van der Waals surface area contributed by atoms with Crippen LogP contribution in [0.1, 0.15) is 12.0 Å². The van der Waals surface area contributed by atoms with Crippen molar-refractivity contribution < 1.29 is 17.9 Å². The minimum Gasteiger partial charge on any atom is -0.375 e. The molecule has 1 aliphatic heterocycles. The van der Waals surface area contributed by atoms with E-state index in [0.717, 1.165) is 23.6 Å². The standard InChI is InChI=1S/C20H18F3N3OS2/c21-17-5-19(23)18(22)3-13(17)9-27-10-15-4-16(28)8-26(15)20-24-6-14(7-25-20)12-1-2-29-11-12/h1-3,5-7,11,15-16,28H,4,8-10H2/t15-,16+/m0/s1. The summed E-state index contributed by atoms with van der Waals surface area (Å²) >= 11 is 6.17. The van der Waals surface area contributed by atoms with Crippen LogP contribution in [0, 0.1) is 17.5 Å². The topological polar surface area (TPSA) is 38.2 Å². The fourth-order valence-corrected chi connectivity index (χ4v) is 4.41. The van der Waals surface area contributed by atoms with Crippen molar-refractivity contribution in [1.82, 2.24) is 9.97 Å². The van der Waals surface area contributed by atoms with Crippen molar-refractivity contribution in [3.63, 3.8) is 0 Å². The van der Waals surface area contributed by atoms with Gasteiger partial charge in [0.2, 0.25) is 5.95 Å². The molecule has 1 aliphatic rings. The summed E-state index contributed by atoms with van der Waals surface area (Å²) in [6.07, 6.45) is 4.31. The van der Waals surface area contributed by atoms with Gasteiger partial charge in [-0.25, -0.2) is 23.1 Å². The quantitative estimate of drug-likeness (QED) is 0.448. The molecule has 3 heterocycles. The van der Waals surface area contributed by atoms with E-state index in [2.05, 4.69) is 22.6 Å². The number of thiophene rings is 1. The van der Waals surface area contributed by atoms with Crippen LogP contribution >= 0.6 is 24.0 Å². The molecule has 1 fully saturated rings. The zero-order chi connectivity index (χ0) is 20.4. The lowest BCUT2D eigenvalue weighted by atomic mass is 10.2. The first-order valence-electron chi connectivity index (χ1n) is 9.01. The van der Waals surface area contributed by atoms with Crippen molar-refractivity contribution in [3.8, 4) is 11.1 Å². The number of benzene rings is 1. The fraction of sp³-hybridized carbons (Fsp3) is 0.300. The third-order valence-corrected chi connectivity index (χ3v) is 5.86. The van der Waals surface area contributed by atoms with Gasteiger partial charge in [0.1, 0.15) is 5.82 Å². The second-order valence-electron chi connectivity index (χ2n) is 6.85. The van der Waals surface area contributed by atoms with E-state index in [1.807, 2.05) is 21.7 Å². The summed E-state index contributed by atoms with van der Waals surface area (Å²) in [7, 11) is 0. The molecule has 0 saturated carbocycles. The summed E-state index contributed by atoms with van der Waals surface area (Å²) < 4.78 is 45.7. The molecule has 3 aromatic rings. The Morgan fingerprint density at radius 3 is 2.59 bits per heavy atom. The maximum absolute atomic E-state index is 13.8. The maximum Gasteiger partial charge on any atom is 0.225 e. The summed E-state index contributed by atoms with van der Waals surface area (Å²) in [4.78, 5) is 11.0. The van der Waals surface area contributed by atoms with E-state index in [1.165, 1.54) is 0 Å². The lowest BCUT2D eigenvalue weighted by molar-refractivity contribution is 0.106. The first-order valence-corrected chi connectivity index (χ1v) is 10.5. The number of anilines is 1. The van der Waals surface area contributed by atoms with E-state index in [0.29, 0.717) is 18.6 Å².